The molecule has 0 aromatic carbocycles. The van der Waals surface area contributed by atoms with Crippen LogP contribution in [0.3, 0.4) is 0 Å². The van der Waals surface area contributed by atoms with Gasteiger partial charge in [0.2, 0.25) is 0 Å². The van der Waals surface area contributed by atoms with Crippen molar-refractivity contribution in [2.24, 2.45) is 0 Å². The van der Waals surface area contributed by atoms with Crippen molar-refractivity contribution in [3.63, 3.8) is 0 Å². The van der Waals surface area contributed by atoms with Crippen LogP contribution in [-0.2, 0) is 16.1 Å². The minimum Gasteiger partial charge on any atom is -0.468 e. The number of furan rings is 1. The molecule has 0 spiro atoms. The normalized spacial score (nSPS) is 16.8. The Morgan fingerprint density at radius 1 is 1.61 bits per heavy atom. The van der Waals surface area contributed by atoms with Crippen LogP contribution < -0.4 is 0 Å². The predicted molar refractivity (Wildman–Crippen MR) is 68.0 cm³/mol. The summed E-state index contributed by atoms with van der Waals surface area (Å²) in [7, 11) is 0. The Morgan fingerprint density at radius 3 is 2.94 bits per heavy atom. The molecule has 1 aromatic rings. The van der Waals surface area contributed by atoms with Crippen molar-refractivity contribution >= 4 is 5.97 Å². The standard InChI is InChI=1S/C14H21NO3/c1-3-17-14(16)9-11(2)15(12-6-7-12)10-13-5-4-8-18-13/h4-5,8,11-12H,3,6-7,9-10H2,1-2H3. The van der Waals surface area contributed by atoms with Gasteiger partial charge in [-0.2, -0.15) is 0 Å². The minimum absolute atomic E-state index is 0.116. The van der Waals surface area contributed by atoms with Crippen molar-refractivity contribution in [3.8, 4) is 0 Å². The van der Waals surface area contributed by atoms with Crippen molar-refractivity contribution in [2.75, 3.05) is 6.61 Å². The van der Waals surface area contributed by atoms with E-state index in [0.29, 0.717) is 19.1 Å². The van der Waals surface area contributed by atoms with Gasteiger partial charge < -0.3 is 9.15 Å². The molecule has 0 saturated heterocycles. The van der Waals surface area contributed by atoms with Crippen LogP contribution >= 0.6 is 0 Å². The number of esters is 1. The molecule has 1 saturated carbocycles. The SMILES string of the molecule is CCOC(=O)CC(C)N(Cc1ccco1)C1CC1. The molecule has 1 heterocycles. The van der Waals surface area contributed by atoms with Crippen LogP contribution in [-0.4, -0.2) is 29.6 Å². The zero-order chi connectivity index (χ0) is 13.0. The number of nitrogens with zero attached hydrogens (tertiary/aromatic N) is 1. The Kier molecular flexibility index (Phi) is 4.42. The van der Waals surface area contributed by atoms with Gasteiger partial charge in [0.05, 0.1) is 25.8 Å². The Bertz CT molecular complexity index is 370. The molecule has 100 valence electrons. The van der Waals surface area contributed by atoms with Gasteiger partial charge in [-0.25, -0.2) is 0 Å². The van der Waals surface area contributed by atoms with Crippen LogP contribution in [0.25, 0.3) is 0 Å². The highest BCUT2D eigenvalue weighted by Gasteiger charge is 2.33. The van der Waals surface area contributed by atoms with E-state index < -0.39 is 0 Å². The smallest absolute Gasteiger partial charge is 0.307 e. The van der Waals surface area contributed by atoms with Crippen molar-refractivity contribution in [2.45, 2.75) is 51.7 Å². The molecule has 0 aliphatic heterocycles. The molecule has 1 fully saturated rings. The van der Waals surface area contributed by atoms with Gasteiger partial charge in [0.15, 0.2) is 0 Å². The topological polar surface area (TPSA) is 42.7 Å². The van der Waals surface area contributed by atoms with Crippen LogP contribution in [0, 0.1) is 0 Å². The molecule has 0 radical (unpaired) electrons. The third kappa shape index (κ3) is 3.60. The number of carbonyl (C=O) groups is 1. The van der Waals surface area contributed by atoms with E-state index in [2.05, 4.69) is 11.8 Å². The zero-order valence-corrected chi connectivity index (χ0v) is 11.1. The molecular weight excluding hydrogens is 230 g/mol. The molecule has 1 unspecified atom stereocenters. The third-order valence-electron chi connectivity index (χ3n) is 3.27. The molecule has 1 aromatic heterocycles. The van der Waals surface area contributed by atoms with Gasteiger partial charge in [-0.05, 0) is 38.8 Å². The highest BCUT2D eigenvalue weighted by atomic mass is 16.5. The van der Waals surface area contributed by atoms with Crippen LogP contribution in [0.4, 0.5) is 0 Å². The molecular formula is C14H21NO3. The zero-order valence-electron chi connectivity index (χ0n) is 11.1. The van der Waals surface area contributed by atoms with Crippen molar-refractivity contribution in [3.05, 3.63) is 24.2 Å². The molecule has 0 N–H and O–H groups in total. The maximum Gasteiger partial charge on any atom is 0.307 e. The number of hydrogen-bond acceptors (Lipinski definition) is 4. The van der Waals surface area contributed by atoms with Gasteiger partial charge in [0.1, 0.15) is 5.76 Å². The van der Waals surface area contributed by atoms with E-state index in [1.807, 2.05) is 19.1 Å². The van der Waals surface area contributed by atoms with Crippen molar-refractivity contribution in [1.82, 2.24) is 4.90 Å². The predicted octanol–water partition coefficient (Wildman–Crippen LogP) is 2.59. The first kappa shape index (κ1) is 13.1. The molecule has 0 bridgehead atoms. The van der Waals surface area contributed by atoms with Gasteiger partial charge in [0, 0.05) is 12.1 Å². The van der Waals surface area contributed by atoms with Crippen LogP contribution in [0.15, 0.2) is 22.8 Å². The van der Waals surface area contributed by atoms with E-state index in [1.165, 1.54) is 12.8 Å². The Balaban J connectivity index is 1.90. The number of rotatable bonds is 7. The van der Waals surface area contributed by atoms with Gasteiger partial charge in [0.25, 0.3) is 0 Å². The molecule has 0 amide bonds. The highest BCUT2D eigenvalue weighted by molar-refractivity contribution is 5.70. The average Bonchev–Trinajstić information content (AvgIpc) is 3.03. The van der Waals surface area contributed by atoms with Crippen molar-refractivity contribution in [1.29, 1.82) is 0 Å². The van der Waals surface area contributed by atoms with Crippen molar-refractivity contribution < 1.29 is 13.9 Å². The maximum atomic E-state index is 11.5. The summed E-state index contributed by atoms with van der Waals surface area (Å²) in [5.74, 6) is 0.840. The number of carbonyl (C=O) groups excluding carboxylic acids is 1. The van der Waals surface area contributed by atoms with E-state index in [0.717, 1.165) is 12.3 Å². The lowest BCUT2D eigenvalue weighted by molar-refractivity contribution is -0.144. The Labute approximate surface area is 108 Å². The van der Waals surface area contributed by atoms with Crippen LogP contribution in [0.5, 0.6) is 0 Å². The fraction of sp³-hybridized carbons (Fsp3) is 0.643. The largest absolute Gasteiger partial charge is 0.468 e. The second-order valence-electron chi connectivity index (χ2n) is 4.84. The van der Waals surface area contributed by atoms with E-state index in [-0.39, 0.29) is 12.0 Å². The van der Waals surface area contributed by atoms with Gasteiger partial charge in [-0.1, -0.05) is 0 Å². The summed E-state index contributed by atoms with van der Waals surface area (Å²) in [4.78, 5) is 13.9. The summed E-state index contributed by atoms with van der Waals surface area (Å²) in [6, 6.07) is 4.67. The second-order valence-corrected chi connectivity index (χ2v) is 4.84. The lowest BCUT2D eigenvalue weighted by atomic mass is 10.2. The molecule has 2 rings (SSSR count). The van der Waals surface area contributed by atoms with E-state index >= 15 is 0 Å². The fourth-order valence-electron chi connectivity index (χ4n) is 2.21. The quantitative estimate of drug-likeness (QED) is 0.699. The van der Waals surface area contributed by atoms with E-state index in [4.69, 9.17) is 9.15 Å². The molecule has 1 aliphatic carbocycles. The summed E-state index contributed by atoms with van der Waals surface area (Å²) in [5, 5.41) is 0. The Morgan fingerprint density at radius 2 is 2.39 bits per heavy atom. The van der Waals surface area contributed by atoms with Crippen LogP contribution in [0.1, 0.15) is 38.9 Å². The lowest BCUT2D eigenvalue weighted by Crippen LogP contribution is -2.36. The summed E-state index contributed by atoms with van der Waals surface area (Å²) >= 11 is 0. The average molecular weight is 251 g/mol. The monoisotopic (exact) mass is 251 g/mol. The van der Waals surface area contributed by atoms with E-state index in [1.54, 1.807) is 6.26 Å². The minimum atomic E-state index is -0.116. The van der Waals surface area contributed by atoms with E-state index in [9.17, 15) is 4.79 Å². The fourth-order valence-corrected chi connectivity index (χ4v) is 2.21. The third-order valence-corrected chi connectivity index (χ3v) is 3.27. The van der Waals surface area contributed by atoms with Gasteiger partial charge in [-0.3, -0.25) is 9.69 Å². The molecule has 4 nitrogen and oxygen atoms in total. The summed E-state index contributed by atoms with van der Waals surface area (Å²) < 4.78 is 10.4. The van der Waals surface area contributed by atoms with Gasteiger partial charge >= 0.3 is 5.97 Å². The number of hydrogen-bond donors (Lipinski definition) is 0. The first-order valence-corrected chi connectivity index (χ1v) is 6.64. The Hall–Kier alpha value is -1.29. The summed E-state index contributed by atoms with van der Waals surface area (Å²) in [5.41, 5.74) is 0. The lowest BCUT2D eigenvalue weighted by Gasteiger charge is -2.27. The van der Waals surface area contributed by atoms with Gasteiger partial charge in [-0.15, -0.1) is 0 Å². The number of ether oxygens (including phenoxy) is 1. The highest BCUT2D eigenvalue weighted by Crippen LogP contribution is 2.31. The first-order valence-electron chi connectivity index (χ1n) is 6.64. The van der Waals surface area contributed by atoms with Crippen LogP contribution in [0.2, 0.25) is 0 Å². The summed E-state index contributed by atoms with van der Waals surface area (Å²) in [6.45, 7) is 5.15. The maximum absolute atomic E-state index is 11.5. The molecule has 1 aliphatic rings. The second kappa shape index (κ2) is 6.05. The first-order chi connectivity index (χ1) is 8.70. The summed E-state index contributed by atoms with van der Waals surface area (Å²) in [6.07, 6.45) is 4.57. The molecule has 1 atom stereocenters. The molecule has 4 heteroatoms. The molecule has 18 heavy (non-hydrogen) atoms.